The molecule has 0 aliphatic heterocycles. The lowest BCUT2D eigenvalue weighted by atomic mass is 10.1. The molecular formula is C12H25BrO. The second-order valence-electron chi connectivity index (χ2n) is 4.42. The van der Waals surface area contributed by atoms with Crippen LogP contribution in [0.1, 0.15) is 46.5 Å². The SMILES string of the molecule is CCCC(CBr)COCCCC(C)C. The molecule has 0 amide bonds. The van der Waals surface area contributed by atoms with Gasteiger partial charge in [0, 0.05) is 11.9 Å². The molecule has 0 saturated heterocycles. The highest BCUT2D eigenvalue weighted by Gasteiger charge is 2.05. The molecule has 0 heterocycles. The van der Waals surface area contributed by atoms with Gasteiger partial charge in [-0.1, -0.05) is 43.1 Å². The van der Waals surface area contributed by atoms with Gasteiger partial charge in [-0.05, 0) is 31.1 Å². The summed E-state index contributed by atoms with van der Waals surface area (Å²) in [5.74, 6) is 1.51. The van der Waals surface area contributed by atoms with Crippen LogP contribution in [0, 0.1) is 11.8 Å². The topological polar surface area (TPSA) is 9.23 Å². The summed E-state index contributed by atoms with van der Waals surface area (Å²) in [6.07, 6.45) is 5.02. The van der Waals surface area contributed by atoms with Crippen LogP contribution in [0.3, 0.4) is 0 Å². The van der Waals surface area contributed by atoms with Crippen molar-refractivity contribution in [3.63, 3.8) is 0 Å². The number of rotatable bonds is 9. The molecule has 0 N–H and O–H groups in total. The molecule has 1 atom stereocenters. The molecule has 0 aromatic carbocycles. The Morgan fingerprint density at radius 2 is 1.93 bits per heavy atom. The number of halogens is 1. The van der Waals surface area contributed by atoms with Gasteiger partial charge < -0.3 is 4.74 Å². The van der Waals surface area contributed by atoms with Gasteiger partial charge in [0.15, 0.2) is 0 Å². The molecule has 0 bridgehead atoms. The smallest absolute Gasteiger partial charge is 0.0502 e. The van der Waals surface area contributed by atoms with E-state index in [1.807, 2.05) is 0 Å². The molecule has 0 aromatic rings. The van der Waals surface area contributed by atoms with Crippen molar-refractivity contribution in [2.45, 2.75) is 46.5 Å². The molecule has 0 spiro atoms. The minimum Gasteiger partial charge on any atom is -0.381 e. The molecule has 0 aromatic heterocycles. The molecule has 1 nitrogen and oxygen atoms in total. The van der Waals surface area contributed by atoms with E-state index in [4.69, 9.17) is 4.74 Å². The predicted octanol–water partition coefficient (Wildman–Crippen LogP) is 4.25. The van der Waals surface area contributed by atoms with Gasteiger partial charge in [0.1, 0.15) is 0 Å². The van der Waals surface area contributed by atoms with Crippen LogP contribution in [-0.4, -0.2) is 18.5 Å². The zero-order chi connectivity index (χ0) is 10.8. The van der Waals surface area contributed by atoms with Crippen LogP contribution >= 0.6 is 15.9 Å². The third-order valence-corrected chi connectivity index (χ3v) is 3.25. The van der Waals surface area contributed by atoms with Gasteiger partial charge in [-0.25, -0.2) is 0 Å². The lowest BCUT2D eigenvalue weighted by molar-refractivity contribution is 0.0985. The van der Waals surface area contributed by atoms with Crippen molar-refractivity contribution in [1.29, 1.82) is 0 Å². The Labute approximate surface area is 97.7 Å². The third-order valence-electron chi connectivity index (χ3n) is 2.34. The standard InChI is InChI=1S/C12H25BrO/c1-4-6-12(9-13)10-14-8-5-7-11(2)3/h11-12H,4-10H2,1-3H3. The van der Waals surface area contributed by atoms with Crippen LogP contribution in [-0.2, 0) is 4.74 Å². The van der Waals surface area contributed by atoms with E-state index in [9.17, 15) is 0 Å². The van der Waals surface area contributed by atoms with Crippen molar-refractivity contribution in [3.8, 4) is 0 Å². The minimum absolute atomic E-state index is 0.707. The fraction of sp³-hybridized carbons (Fsp3) is 1.00. The highest BCUT2D eigenvalue weighted by atomic mass is 79.9. The summed E-state index contributed by atoms with van der Waals surface area (Å²) in [7, 11) is 0. The normalized spacial score (nSPS) is 13.5. The van der Waals surface area contributed by atoms with Crippen molar-refractivity contribution in [3.05, 3.63) is 0 Å². The third kappa shape index (κ3) is 9.01. The molecule has 0 aliphatic rings. The number of hydrogen-bond acceptors (Lipinski definition) is 1. The Morgan fingerprint density at radius 1 is 1.21 bits per heavy atom. The van der Waals surface area contributed by atoms with Crippen LogP contribution in [0.2, 0.25) is 0 Å². The van der Waals surface area contributed by atoms with Gasteiger partial charge in [0.05, 0.1) is 6.61 Å². The Morgan fingerprint density at radius 3 is 2.43 bits per heavy atom. The molecule has 0 radical (unpaired) electrons. The van der Waals surface area contributed by atoms with E-state index in [0.29, 0.717) is 5.92 Å². The first-order valence-electron chi connectivity index (χ1n) is 5.84. The summed E-state index contributed by atoms with van der Waals surface area (Å²) >= 11 is 3.53. The zero-order valence-electron chi connectivity index (χ0n) is 9.89. The number of ether oxygens (including phenoxy) is 1. The van der Waals surface area contributed by atoms with E-state index in [1.54, 1.807) is 0 Å². The highest BCUT2D eigenvalue weighted by molar-refractivity contribution is 9.09. The molecular weight excluding hydrogens is 240 g/mol. The molecule has 0 rings (SSSR count). The van der Waals surface area contributed by atoms with E-state index >= 15 is 0 Å². The molecule has 0 aliphatic carbocycles. The van der Waals surface area contributed by atoms with Gasteiger partial charge in [-0.15, -0.1) is 0 Å². The fourth-order valence-corrected chi connectivity index (χ4v) is 1.97. The molecule has 86 valence electrons. The summed E-state index contributed by atoms with van der Waals surface area (Å²) in [6.45, 7) is 8.62. The maximum Gasteiger partial charge on any atom is 0.0502 e. The molecule has 1 unspecified atom stereocenters. The molecule has 0 fully saturated rings. The van der Waals surface area contributed by atoms with Crippen molar-refractivity contribution in [2.24, 2.45) is 11.8 Å². The maximum absolute atomic E-state index is 5.66. The molecule has 2 heteroatoms. The average molecular weight is 265 g/mol. The molecule has 14 heavy (non-hydrogen) atoms. The lowest BCUT2D eigenvalue weighted by Gasteiger charge is -2.13. The Bertz CT molecular complexity index is 115. The summed E-state index contributed by atoms with van der Waals surface area (Å²) in [5.41, 5.74) is 0. The van der Waals surface area contributed by atoms with Crippen molar-refractivity contribution in [2.75, 3.05) is 18.5 Å². The fourth-order valence-electron chi connectivity index (χ4n) is 1.46. The van der Waals surface area contributed by atoms with Crippen LogP contribution in [0.5, 0.6) is 0 Å². The number of hydrogen-bond donors (Lipinski definition) is 0. The van der Waals surface area contributed by atoms with E-state index in [-0.39, 0.29) is 0 Å². The Kier molecular flexibility index (Phi) is 10.3. The predicted molar refractivity (Wildman–Crippen MR) is 67.1 cm³/mol. The summed E-state index contributed by atoms with van der Waals surface area (Å²) in [6, 6.07) is 0. The van der Waals surface area contributed by atoms with Crippen molar-refractivity contribution < 1.29 is 4.74 Å². The summed E-state index contributed by atoms with van der Waals surface area (Å²) in [4.78, 5) is 0. The van der Waals surface area contributed by atoms with Crippen molar-refractivity contribution >= 4 is 15.9 Å². The van der Waals surface area contributed by atoms with E-state index in [1.165, 1.54) is 25.7 Å². The second-order valence-corrected chi connectivity index (χ2v) is 5.07. The van der Waals surface area contributed by atoms with E-state index in [2.05, 4.69) is 36.7 Å². The maximum atomic E-state index is 5.66. The quantitative estimate of drug-likeness (QED) is 0.447. The van der Waals surface area contributed by atoms with Gasteiger partial charge in [0.2, 0.25) is 0 Å². The summed E-state index contributed by atoms with van der Waals surface area (Å²) < 4.78 is 5.66. The van der Waals surface area contributed by atoms with Gasteiger partial charge >= 0.3 is 0 Å². The lowest BCUT2D eigenvalue weighted by Crippen LogP contribution is -2.11. The first kappa shape index (κ1) is 14.4. The van der Waals surface area contributed by atoms with Crippen LogP contribution in [0.25, 0.3) is 0 Å². The first-order chi connectivity index (χ1) is 6.70. The average Bonchev–Trinajstić information content (AvgIpc) is 2.15. The van der Waals surface area contributed by atoms with Crippen molar-refractivity contribution in [1.82, 2.24) is 0 Å². The zero-order valence-corrected chi connectivity index (χ0v) is 11.5. The molecule has 0 saturated carbocycles. The van der Waals surface area contributed by atoms with E-state index in [0.717, 1.165) is 24.5 Å². The first-order valence-corrected chi connectivity index (χ1v) is 6.96. The monoisotopic (exact) mass is 264 g/mol. The van der Waals surface area contributed by atoms with Gasteiger partial charge in [0.25, 0.3) is 0 Å². The Balaban J connectivity index is 3.24. The van der Waals surface area contributed by atoms with E-state index < -0.39 is 0 Å². The largest absolute Gasteiger partial charge is 0.381 e. The highest BCUT2D eigenvalue weighted by Crippen LogP contribution is 2.11. The van der Waals surface area contributed by atoms with Gasteiger partial charge in [-0.2, -0.15) is 0 Å². The number of alkyl halides is 1. The van der Waals surface area contributed by atoms with Crippen LogP contribution in [0.15, 0.2) is 0 Å². The minimum atomic E-state index is 0.707. The summed E-state index contributed by atoms with van der Waals surface area (Å²) in [5, 5.41) is 1.07. The second kappa shape index (κ2) is 9.97. The Hall–Kier alpha value is 0.440. The van der Waals surface area contributed by atoms with Gasteiger partial charge in [-0.3, -0.25) is 0 Å². The van der Waals surface area contributed by atoms with Crippen LogP contribution in [0.4, 0.5) is 0 Å². The van der Waals surface area contributed by atoms with Crippen LogP contribution < -0.4 is 0 Å².